The maximum atomic E-state index is 12.4. The second-order valence-electron chi connectivity index (χ2n) is 5.69. The highest BCUT2D eigenvalue weighted by molar-refractivity contribution is 6.03. The van der Waals surface area contributed by atoms with Crippen molar-refractivity contribution in [2.24, 2.45) is 0 Å². The lowest BCUT2D eigenvalue weighted by Gasteiger charge is -2.08. The number of benzene rings is 1. The van der Waals surface area contributed by atoms with Gasteiger partial charge in [0.2, 0.25) is 5.95 Å². The first-order valence-corrected chi connectivity index (χ1v) is 8.71. The number of hydrogen-bond acceptors (Lipinski definition) is 7. The molecule has 0 aliphatic heterocycles. The van der Waals surface area contributed by atoms with Crippen LogP contribution in [0.1, 0.15) is 33.5 Å². The molecule has 0 bridgehead atoms. The van der Waals surface area contributed by atoms with Crippen molar-refractivity contribution in [1.29, 1.82) is 0 Å². The highest BCUT2D eigenvalue weighted by Gasteiger charge is 2.11. The largest absolute Gasteiger partial charge is 0.462 e. The van der Waals surface area contributed by atoms with Crippen LogP contribution in [0.2, 0.25) is 0 Å². The van der Waals surface area contributed by atoms with Gasteiger partial charge in [0, 0.05) is 18.1 Å². The number of carbonyl (C=O) groups is 2. The van der Waals surface area contributed by atoms with E-state index in [1.54, 1.807) is 37.4 Å². The van der Waals surface area contributed by atoms with E-state index in [-0.39, 0.29) is 11.6 Å². The molecular weight excluding hydrogens is 358 g/mol. The molecule has 0 saturated carbocycles. The van der Waals surface area contributed by atoms with E-state index in [1.807, 2.05) is 18.2 Å². The molecule has 0 radical (unpaired) electrons. The van der Waals surface area contributed by atoms with Crippen LogP contribution in [0.15, 0.2) is 60.9 Å². The molecule has 3 rings (SSSR count). The summed E-state index contributed by atoms with van der Waals surface area (Å²) in [6.45, 7) is 2.50. The van der Waals surface area contributed by atoms with E-state index in [1.165, 1.54) is 12.3 Å². The molecule has 3 aromatic rings. The van der Waals surface area contributed by atoms with E-state index in [9.17, 15) is 9.59 Å². The fraction of sp³-hybridized carbons (Fsp3) is 0.150. The van der Waals surface area contributed by atoms with Crippen molar-refractivity contribution in [3.63, 3.8) is 0 Å². The van der Waals surface area contributed by atoms with Gasteiger partial charge in [-0.1, -0.05) is 6.07 Å². The number of nitrogens with one attached hydrogen (secondary N) is 2. The molecule has 0 atom stereocenters. The fourth-order valence-electron chi connectivity index (χ4n) is 2.34. The Hall–Kier alpha value is -3.81. The average molecular weight is 377 g/mol. The second kappa shape index (κ2) is 9.22. The van der Waals surface area contributed by atoms with Gasteiger partial charge in [-0.05, 0) is 49.4 Å². The number of rotatable bonds is 7. The number of aromatic nitrogens is 3. The van der Waals surface area contributed by atoms with E-state index in [2.05, 4.69) is 25.6 Å². The number of esters is 1. The van der Waals surface area contributed by atoms with Gasteiger partial charge in [0.25, 0.3) is 5.91 Å². The summed E-state index contributed by atoms with van der Waals surface area (Å²) >= 11 is 0. The zero-order valence-corrected chi connectivity index (χ0v) is 15.3. The summed E-state index contributed by atoms with van der Waals surface area (Å²) in [5.41, 5.74) is 2.01. The van der Waals surface area contributed by atoms with Crippen LogP contribution in [-0.4, -0.2) is 33.4 Å². The van der Waals surface area contributed by atoms with E-state index in [4.69, 9.17) is 4.74 Å². The standard InChI is InChI=1S/C20H19N5O3/c1-2-28-19(27)14-6-8-15(9-7-14)24-18(26)17-10-12-22-20(25-17)23-13-16-5-3-4-11-21-16/h3-12H,2,13H2,1H3,(H,24,26)(H,22,23,25). The maximum Gasteiger partial charge on any atom is 0.338 e. The Kier molecular flexibility index (Phi) is 6.25. The van der Waals surface area contributed by atoms with Gasteiger partial charge in [-0.15, -0.1) is 0 Å². The molecule has 0 spiro atoms. The summed E-state index contributed by atoms with van der Waals surface area (Å²) < 4.78 is 4.93. The third-order valence-corrected chi connectivity index (χ3v) is 3.70. The molecule has 2 aromatic heterocycles. The van der Waals surface area contributed by atoms with Crippen LogP contribution in [0.25, 0.3) is 0 Å². The minimum Gasteiger partial charge on any atom is -0.462 e. The topological polar surface area (TPSA) is 106 Å². The minimum absolute atomic E-state index is 0.216. The number of pyridine rings is 1. The molecule has 2 N–H and O–H groups in total. The van der Waals surface area contributed by atoms with Gasteiger partial charge in [-0.3, -0.25) is 9.78 Å². The van der Waals surface area contributed by atoms with Gasteiger partial charge in [0.05, 0.1) is 24.4 Å². The predicted octanol–water partition coefficient (Wildman–Crippen LogP) is 2.91. The van der Waals surface area contributed by atoms with E-state index in [0.717, 1.165) is 5.69 Å². The first-order chi connectivity index (χ1) is 13.7. The molecule has 2 heterocycles. The summed E-state index contributed by atoms with van der Waals surface area (Å²) in [5, 5.41) is 5.77. The Bertz CT molecular complexity index is 946. The van der Waals surface area contributed by atoms with Crippen molar-refractivity contribution in [2.75, 3.05) is 17.2 Å². The molecular formula is C20H19N5O3. The lowest BCUT2D eigenvalue weighted by atomic mass is 10.2. The van der Waals surface area contributed by atoms with Crippen molar-refractivity contribution < 1.29 is 14.3 Å². The van der Waals surface area contributed by atoms with E-state index >= 15 is 0 Å². The highest BCUT2D eigenvalue weighted by atomic mass is 16.5. The number of amides is 1. The molecule has 1 aromatic carbocycles. The summed E-state index contributed by atoms with van der Waals surface area (Å²) in [6, 6.07) is 13.6. The van der Waals surface area contributed by atoms with Gasteiger partial charge in [0.1, 0.15) is 5.69 Å². The smallest absolute Gasteiger partial charge is 0.338 e. The summed E-state index contributed by atoms with van der Waals surface area (Å²) in [5.74, 6) is -0.456. The maximum absolute atomic E-state index is 12.4. The van der Waals surface area contributed by atoms with Crippen molar-refractivity contribution >= 4 is 23.5 Å². The normalized spacial score (nSPS) is 10.2. The van der Waals surface area contributed by atoms with Gasteiger partial charge in [-0.25, -0.2) is 14.8 Å². The van der Waals surface area contributed by atoms with Crippen molar-refractivity contribution in [1.82, 2.24) is 15.0 Å². The Balaban J connectivity index is 1.62. The average Bonchev–Trinajstić information content (AvgIpc) is 2.74. The molecule has 142 valence electrons. The van der Waals surface area contributed by atoms with Crippen LogP contribution >= 0.6 is 0 Å². The third-order valence-electron chi connectivity index (χ3n) is 3.70. The molecule has 28 heavy (non-hydrogen) atoms. The second-order valence-corrected chi connectivity index (χ2v) is 5.69. The summed E-state index contributed by atoms with van der Waals surface area (Å²) in [6.07, 6.45) is 3.21. The number of anilines is 2. The van der Waals surface area contributed by atoms with Crippen LogP contribution in [0.3, 0.4) is 0 Å². The van der Waals surface area contributed by atoms with Crippen LogP contribution < -0.4 is 10.6 Å². The lowest BCUT2D eigenvalue weighted by Crippen LogP contribution is -2.15. The number of nitrogens with zero attached hydrogens (tertiary/aromatic N) is 3. The monoisotopic (exact) mass is 377 g/mol. The van der Waals surface area contributed by atoms with Gasteiger partial charge >= 0.3 is 5.97 Å². The molecule has 8 heteroatoms. The molecule has 0 fully saturated rings. The van der Waals surface area contributed by atoms with Gasteiger partial charge < -0.3 is 15.4 Å². The number of ether oxygens (including phenoxy) is 1. The molecule has 8 nitrogen and oxygen atoms in total. The third kappa shape index (κ3) is 5.10. The summed E-state index contributed by atoms with van der Waals surface area (Å²) in [4.78, 5) is 36.6. The van der Waals surface area contributed by atoms with E-state index < -0.39 is 5.97 Å². The molecule has 1 amide bonds. The van der Waals surface area contributed by atoms with Crippen molar-refractivity contribution in [2.45, 2.75) is 13.5 Å². The first kappa shape index (κ1) is 19.0. The van der Waals surface area contributed by atoms with Crippen LogP contribution in [-0.2, 0) is 11.3 Å². The van der Waals surface area contributed by atoms with Crippen LogP contribution in [0.5, 0.6) is 0 Å². The minimum atomic E-state index is -0.403. The number of carbonyl (C=O) groups excluding carboxylic acids is 2. The van der Waals surface area contributed by atoms with Crippen LogP contribution in [0, 0.1) is 0 Å². The highest BCUT2D eigenvalue weighted by Crippen LogP contribution is 2.12. The van der Waals surface area contributed by atoms with Gasteiger partial charge in [-0.2, -0.15) is 0 Å². The Morgan fingerprint density at radius 2 is 1.82 bits per heavy atom. The zero-order chi connectivity index (χ0) is 19.8. The molecule has 0 aliphatic rings. The SMILES string of the molecule is CCOC(=O)c1ccc(NC(=O)c2ccnc(NCc3ccccn3)n2)cc1. The molecule has 0 saturated heterocycles. The Morgan fingerprint density at radius 3 is 2.54 bits per heavy atom. The Labute approximate surface area is 162 Å². The van der Waals surface area contributed by atoms with Crippen LogP contribution in [0.4, 0.5) is 11.6 Å². The number of hydrogen-bond donors (Lipinski definition) is 2. The molecule has 0 unspecified atom stereocenters. The quantitative estimate of drug-likeness (QED) is 0.610. The lowest BCUT2D eigenvalue weighted by molar-refractivity contribution is 0.0526. The molecule has 0 aliphatic carbocycles. The predicted molar refractivity (Wildman–Crippen MR) is 104 cm³/mol. The van der Waals surface area contributed by atoms with E-state index in [0.29, 0.717) is 30.4 Å². The fourth-order valence-corrected chi connectivity index (χ4v) is 2.34. The van der Waals surface area contributed by atoms with Crippen molar-refractivity contribution in [3.05, 3.63) is 77.9 Å². The van der Waals surface area contributed by atoms with Crippen molar-refractivity contribution in [3.8, 4) is 0 Å². The summed E-state index contributed by atoms with van der Waals surface area (Å²) in [7, 11) is 0. The Morgan fingerprint density at radius 1 is 1.00 bits per heavy atom. The van der Waals surface area contributed by atoms with Gasteiger partial charge in [0.15, 0.2) is 0 Å². The zero-order valence-electron chi connectivity index (χ0n) is 15.3. The first-order valence-electron chi connectivity index (χ1n) is 8.71.